The number of nitrogens with two attached hydrogens (primary N) is 1. The van der Waals surface area contributed by atoms with Crippen LogP contribution in [-0.4, -0.2) is 54.6 Å². The summed E-state index contributed by atoms with van der Waals surface area (Å²) in [6.45, 7) is 8.16. The molecule has 9 nitrogen and oxygen atoms in total. The summed E-state index contributed by atoms with van der Waals surface area (Å²) in [5.41, 5.74) is 8.68. The van der Waals surface area contributed by atoms with Crippen molar-refractivity contribution in [1.82, 2.24) is 5.32 Å². The maximum atomic E-state index is 12.5. The number of aliphatic hydroxyl groups excluding tert-OH is 1. The van der Waals surface area contributed by atoms with Crippen molar-refractivity contribution in [3.8, 4) is 11.5 Å². The van der Waals surface area contributed by atoms with Crippen LogP contribution < -0.4 is 15.8 Å². The molecule has 9 heteroatoms. The van der Waals surface area contributed by atoms with Crippen molar-refractivity contribution in [2.45, 2.75) is 97.7 Å². The van der Waals surface area contributed by atoms with Gasteiger partial charge in [-0.05, 0) is 115 Å². The number of carbonyl (C=O) groups excluding carboxylic acids is 2. The first-order valence-corrected chi connectivity index (χ1v) is 16.7. The summed E-state index contributed by atoms with van der Waals surface area (Å²) in [6, 6.07) is 3.50. The van der Waals surface area contributed by atoms with E-state index in [1.54, 1.807) is 6.07 Å². The van der Waals surface area contributed by atoms with E-state index in [0.717, 1.165) is 42.4 Å². The van der Waals surface area contributed by atoms with Gasteiger partial charge in [-0.25, -0.2) is 0 Å². The number of hydrogen-bond donors (Lipinski definition) is 4. The predicted molar refractivity (Wildman–Crippen MR) is 174 cm³/mol. The summed E-state index contributed by atoms with van der Waals surface area (Å²) in [6.07, 6.45) is 10.6. The minimum Gasteiger partial charge on any atom is -0.504 e. The Morgan fingerprint density at radius 3 is 2.47 bits per heavy atom. The minimum atomic E-state index is -0.500. The van der Waals surface area contributed by atoms with E-state index in [2.05, 4.69) is 19.2 Å². The molecule has 45 heavy (non-hydrogen) atoms. The molecule has 2 saturated carbocycles. The number of ether oxygens (including phenoxy) is 3. The van der Waals surface area contributed by atoms with Gasteiger partial charge in [-0.15, -0.1) is 0 Å². The van der Waals surface area contributed by atoms with Crippen LogP contribution in [0.25, 0.3) is 5.57 Å². The van der Waals surface area contributed by atoms with E-state index < -0.39 is 12.2 Å². The number of aromatic hydroxyl groups is 1. The number of nitrogens with one attached hydrogen (secondary N) is 1. The van der Waals surface area contributed by atoms with Crippen LogP contribution in [0.4, 0.5) is 0 Å². The number of rotatable bonds is 12. The Balaban J connectivity index is 1.60. The number of esters is 2. The Hall–Kier alpha value is -3.20. The predicted octanol–water partition coefficient (Wildman–Crippen LogP) is 5.47. The summed E-state index contributed by atoms with van der Waals surface area (Å²) in [5.74, 6) is 2.82. The van der Waals surface area contributed by atoms with E-state index in [4.69, 9.17) is 19.9 Å². The van der Waals surface area contributed by atoms with Crippen LogP contribution >= 0.6 is 0 Å². The van der Waals surface area contributed by atoms with Crippen molar-refractivity contribution in [3.63, 3.8) is 0 Å². The molecule has 250 valence electrons. The van der Waals surface area contributed by atoms with Crippen molar-refractivity contribution in [3.05, 3.63) is 41.2 Å². The number of allylic oxidation sites excluding steroid dienone is 2. The minimum absolute atomic E-state index is 0.0292. The Bertz CT molecular complexity index is 1240. The van der Waals surface area contributed by atoms with Crippen LogP contribution in [0.2, 0.25) is 0 Å². The largest absolute Gasteiger partial charge is 0.504 e. The molecule has 7 unspecified atom stereocenters. The van der Waals surface area contributed by atoms with E-state index in [-0.39, 0.29) is 36.1 Å². The van der Waals surface area contributed by atoms with Crippen LogP contribution in [-0.2, 0) is 25.5 Å². The van der Waals surface area contributed by atoms with Crippen LogP contribution in [0.1, 0.15) is 90.2 Å². The molecule has 5 N–H and O–H groups in total. The lowest BCUT2D eigenvalue weighted by molar-refractivity contribution is -0.157. The number of carbonyl (C=O) groups is 2. The third kappa shape index (κ3) is 9.41. The maximum Gasteiger partial charge on any atom is 0.302 e. The highest BCUT2D eigenvalue weighted by Gasteiger charge is 2.40. The topological polar surface area (TPSA) is 140 Å². The summed E-state index contributed by atoms with van der Waals surface area (Å²) in [5, 5.41) is 24.0. The fourth-order valence-electron chi connectivity index (χ4n) is 8.26. The summed E-state index contributed by atoms with van der Waals surface area (Å²) < 4.78 is 17.4. The fourth-order valence-corrected chi connectivity index (χ4v) is 8.26. The number of hydrogen-bond acceptors (Lipinski definition) is 9. The second-order valence-electron chi connectivity index (χ2n) is 13.8. The van der Waals surface area contributed by atoms with Gasteiger partial charge >= 0.3 is 11.9 Å². The van der Waals surface area contributed by atoms with Gasteiger partial charge < -0.3 is 35.5 Å². The summed E-state index contributed by atoms with van der Waals surface area (Å²) in [7, 11) is 1.51. The molecule has 1 aromatic carbocycles. The molecule has 2 bridgehead atoms. The zero-order chi connectivity index (χ0) is 32.7. The normalized spacial score (nSPS) is 26.3. The molecule has 2 fully saturated rings. The van der Waals surface area contributed by atoms with E-state index in [0.29, 0.717) is 61.0 Å². The Kier molecular flexibility index (Phi) is 12.2. The number of aryl methyl sites for hydroxylation is 1. The molecule has 1 heterocycles. The summed E-state index contributed by atoms with van der Waals surface area (Å²) >= 11 is 0. The number of dihydropyridines is 1. The van der Waals surface area contributed by atoms with Gasteiger partial charge in [-0.1, -0.05) is 26.3 Å². The van der Waals surface area contributed by atoms with Gasteiger partial charge in [0.2, 0.25) is 0 Å². The molecule has 3 aliphatic rings. The summed E-state index contributed by atoms with van der Waals surface area (Å²) in [4.78, 5) is 24.8. The lowest BCUT2D eigenvalue weighted by atomic mass is 9.62. The number of phenolic OH excluding ortho intramolecular Hbond substituents is 1. The Labute approximate surface area is 268 Å². The molecule has 7 atom stereocenters. The molecule has 0 radical (unpaired) electrons. The molecule has 1 aliphatic heterocycles. The van der Waals surface area contributed by atoms with Gasteiger partial charge in [0.05, 0.1) is 12.9 Å². The van der Waals surface area contributed by atoms with E-state index in [1.807, 2.05) is 18.2 Å². The van der Waals surface area contributed by atoms with Gasteiger partial charge in [0.1, 0.15) is 12.2 Å². The number of phenols is 1. The standard InChI is InChI=1S/C36H54N2O7/c1-21(2)31-9-6-24-12-25(20-39)14-29(15-28(31)13-24)34(45-23(4)41)18-30(44-22(3)40)8-7-26-16-35(43-5)33(42)19-32(26)27-10-11-38-36(37)17-27/h10,16-17,19,21,24-25,28-31,34,38-39,42H,6-9,11-15,18,20,37H2,1-5H3. The zero-order valence-electron chi connectivity index (χ0n) is 27.7. The third-order valence-corrected chi connectivity index (χ3v) is 10.2. The molecule has 0 saturated heterocycles. The van der Waals surface area contributed by atoms with Crippen molar-refractivity contribution < 1.29 is 34.0 Å². The van der Waals surface area contributed by atoms with Gasteiger partial charge in [0, 0.05) is 33.4 Å². The monoisotopic (exact) mass is 626 g/mol. The number of methoxy groups -OCH3 is 1. The molecule has 1 aromatic rings. The highest BCUT2D eigenvalue weighted by atomic mass is 16.6. The molecule has 4 rings (SSSR count). The van der Waals surface area contributed by atoms with Gasteiger partial charge in [0.15, 0.2) is 11.5 Å². The first kappa shape index (κ1) is 34.7. The van der Waals surface area contributed by atoms with Gasteiger partial charge in [-0.3, -0.25) is 9.59 Å². The Morgan fingerprint density at radius 1 is 1.07 bits per heavy atom. The second-order valence-corrected chi connectivity index (χ2v) is 13.8. The van der Waals surface area contributed by atoms with Gasteiger partial charge in [-0.2, -0.15) is 0 Å². The SMILES string of the molecule is COc1cc(CCC(CC(OC(C)=O)C2CC(CO)CC3CCC(C(C)C)C(C3)C2)OC(C)=O)c(C2=CCNC(N)=C2)cc1O. The van der Waals surface area contributed by atoms with Crippen molar-refractivity contribution in [2.24, 2.45) is 41.2 Å². The molecule has 2 aliphatic carbocycles. The third-order valence-electron chi connectivity index (χ3n) is 10.2. The second kappa shape index (κ2) is 15.9. The van der Waals surface area contributed by atoms with Crippen LogP contribution in [0.5, 0.6) is 11.5 Å². The smallest absolute Gasteiger partial charge is 0.302 e. The van der Waals surface area contributed by atoms with Crippen molar-refractivity contribution >= 4 is 17.5 Å². The molecule has 0 amide bonds. The van der Waals surface area contributed by atoms with E-state index >= 15 is 0 Å². The lowest BCUT2D eigenvalue weighted by Gasteiger charge is -2.45. The molecule has 0 spiro atoms. The average Bonchev–Trinajstić information content (AvgIpc) is 2.97. The molecule has 0 aromatic heterocycles. The number of aliphatic hydroxyl groups is 1. The van der Waals surface area contributed by atoms with E-state index in [9.17, 15) is 19.8 Å². The van der Waals surface area contributed by atoms with Crippen molar-refractivity contribution in [1.29, 1.82) is 0 Å². The van der Waals surface area contributed by atoms with Crippen molar-refractivity contribution in [2.75, 3.05) is 20.3 Å². The highest BCUT2D eigenvalue weighted by Crippen LogP contribution is 2.47. The zero-order valence-corrected chi connectivity index (χ0v) is 27.7. The van der Waals surface area contributed by atoms with Crippen LogP contribution in [0, 0.1) is 35.5 Å². The Morgan fingerprint density at radius 2 is 1.82 bits per heavy atom. The first-order chi connectivity index (χ1) is 21.5. The van der Waals surface area contributed by atoms with Crippen LogP contribution in [0.3, 0.4) is 0 Å². The molecular weight excluding hydrogens is 572 g/mol. The molecular formula is C36H54N2O7. The van der Waals surface area contributed by atoms with E-state index in [1.165, 1.54) is 33.8 Å². The lowest BCUT2D eigenvalue weighted by Crippen LogP contribution is -2.40. The maximum absolute atomic E-state index is 12.5. The van der Waals surface area contributed by atoms with Crippen LogP contribution in [0.15, 0.2) is 30.1 Å². The quantitative estimate of drug-likeness (QED) is 0.222. The number of benzene rings is 1. The average molecular weight is 627 g/mol. The highest BCUT2D eigenvalue weighted by molar-refractivity contribution is 5.79. The number of fused-ring (bicyclic) bond motifs is 2. The fraction of sp³-hybridized carbons (Fsp3) is 0.667. The first-order valence-electron chi connectivity index (χ1n) is 16.7. The van der Waals surface area contributed by atoms with Gasteiger partial charge in [0.25, 0.3) is 0 Å².